The third-order valence-electron chi connectivity index (χ3n) is 3.24. The highest BCUT2D eigenvalue weighted by atomic mass is 16.5. The normalized spacial score (nSPS) is 11.9. The Hall–Kier alpha value is -2.29. The number of carbonyl (C=O) groups excluding carboxylic acids is 1. The van der Waals surface area contributed by atoms with Gasteiger partial charge in [-0.3, -0.25) is 0 Å². The van der Waals surface area contributed by atoms with Crippen molar-refractivity contribution in [2.75, 3.05) is 7.11 Å². The van der Waals surface area contributed by atoms with Gasteiger partial charge in [-0.15, -0.1) is 0 Å². The lowest BCUT2D eigenvalue weighted by Crippen LogP contribution is -2.02. The number of phenolic OH excluding ortho intramolecular Hbond substituents is 1. The molecule has 1 N–H and O–H groups in total. The van der Waals surface area contributed by atoms with Gasteiger partial charge in [0, 0.05) is 11.5 Å². The van der Waals surface area contributed by atoms with Gasteiger partial charge in [0.1, 0.15) is 5.75 Å². The van der Waals surface area contributed by atoms with Crippen LogP contribution in [0.5, 0.6) is 5.75 Å². The largest absolute Gasteiger partial charge is 0.508 e. The SMILES string of the molecule is COC(=O)c1ccc(C(C)c2ccccc2O)cc1. The van der Waals surface area contributed by atoms with Crippen LogP contribution in [-0.4, -0.2) is 18.2 Å². The standard InChI is InChI=1S/C16H16O3/c1-11(14-5-3-4-6-15(14)17)12-7-9-13(10-8-12)16(18)19-2/h3-11,17H,1-2H3. The first-order chi connectivity index (χ1) is 9.13. The van der Waals surface area contributed by atoms with Crippen LogP contribution in [0.15, 0.2) is 48.5 Å². The average molecular weight is 256 g/mol. The number of benzene rings is 2. The summed E-state index contributed by atoms with van der Waals surface area (Å²) in [6, 6.07) is 14.5. The Kier molecular flexibility index (Phi) is 3.85. The van der Waals surface area contributed by atoms with Crippen LogP contribution in [0.3, 0.4) is 0 Å². The molecular weight excluding hydrogens is 240 g/mol. The Morgan fingerprint density at radius 3 is 2.32 bits per heavy atom. The molecule has 0 aliphatic rings. The molecule has 19 heavy (non-hydrogen) atoms. The fourth-order valence-electron chi connectivity index (χ4n) is 2.06. The van der Waals surface area contributed by atoms with E-state index in [1.165, 1.54) is 7.11 Å². The summed E-state index contributed by atoms with van der Waals surface area (Å²) in [5.41, 5.74) is 2.43. The van der Waals surface area contributed by atoms with E-state index in [1.54, 1.807) is 24.3 Å². The minimum atomic E-state index is -0.346. The molecule has 1 atom stereocenters. The molecule has 0 radical (unpaired) electrons. The van der Waals surface area contributed by atoms with E-state index < -0.39 is 0 Å². The van der Waals surface area contributed by atoms with Crippen LogP contribution >= 0.6 is 0 Å². The summed E-state index contributed by atoms with van der Waals surface area (Å²) in [7, 11) is 1.36. The lowest BCUT2D eigenvalue weighted by molar-refractivity contribution is 0.0600. The molecule has 0 aliphatic carbocycles. The predicted octanol–water partition coefficient (Wildman–Crippen LogP) is 3.33. The fraction of sp³-hybridized carbons (Fsp3) is 0.188. The maximum Gasteiger partial charge on any atom is 0.337 e. The van der Waals surface area contributed by atoms with Gasteiger partial charge in [0.05, 0.1) is 12.7 Å². The summed E-state index contributed by atoms with van der Waals surface area (Å²) in [5.74, 6) is 0.00158. The molecule has 0 fully saturated rings. The monoisotopic (exact) mass is 256 g/mol. The summed E-state index contributed by atoms with van der Waals surface area (Å²) in [4.78, 5) is 11.4. The summed E-state index contributed by atoms with van der Waals surface area (Å²) in [6.07, 6.45) is 0. The second-order valence-electron chi connectivity index (χ2n) is 4.39. The first kappa shape index (κ1) is 13.1. The molecule has 1 unspecified atom stereocenters. The van der Waals surface area contributed by atoms with Crippen LogP contribution in [0.1, 0.15) is 34.3 Å². The number of carbonyl (C=O) groups is 1. The minimum absolute atomic E-state index is 0.0629. The zero-order valence-electron chi connectivity index (χ0n) is 11.0. The van der Waals surface area contributed by atoms with Crippen LogP contribution in [0.2, 0.25) is 0 Å². The van der Waals surface area contributed by atoms with E-state index >= 15 is 0 Å². The third kappa shape index (κ3) is 2.76. The van der Waals surface area contributed by atoms with Crippen molar-refractivity contribution >= 4 is 5.97 Å². The van der Waals surface area contributed by atoms with E-state index in [0.717, 1.165) is 11.1 Å². The molecular formula is C16H16O3. The summed E-state index contributed by atoms with van der Waals surface area (Å²) < 4.78 is 4.66. The van der Waals surface area contributed by atoms with Gasteiger partial charge in [-0.1, -0.05) is 37.3 Å². The van der Waals surface area contributed by atoms with Crippen LogP contribution in [-0.2, 0) is 4.74 Å². The number of methoxy groups -OCH3 is 1. The number of hydrogen-bond donors (Lipinski definition) is 1. The molecule has 0 saturated carbocycles. The van der Waals surface area contributed by atoms with Gasteiger partial charge in [0.2, 0.25) is 0 Å². The fourth-order valence-corrected chi connectivity index (χ4v) is 2.06. The van der Waals surface area contributed by atoms with E-state index in [9.17, 15) is 9.90 Å². The van der Waals surface area contributed by atoms with E-state index in [2.05, 4.69) is 4.74 Å². The lowest BCUT2D eigenvalue weighted by Gasteiger charge is -2.14. The minimum Gasteiger partial charge on any atom is -0.508 e. The number of rotatable bonds is 3. The van der Waals surface area contributed by atoms with Gasteiger partial charge in [-0.05, 0) is 23.8 Å². The summed E-state index contributed by atoms with van der Waals surface area (Å²) in [5, 5.41) is 9.85. The van der Waals surface area contributed by atoms with E-state index in [4.69, 9.17) is 0 Å². The van der Waals surface area contributed by atoms with E-state index in [0.29, 0.717) is 5.56 Å². The zero-order chi connectivity index (χ0) is 13.8. The maximum atomic E-state index is 11.4. The average Bonchev–Trinajstić information content (AvgIpc) is 2.46. The van der Waals surface area contributed by atoms with E-state index in [1.807, 2.05) is 31.2 Å². The van der Waals surface area contributed by atoms with Gasteiger partial charge in [-0.2, -0.15) is 0 Å². The van der Waals surface area contributed by atoms with Crippen molar-refractivity contribution in [1.82, 2.24) is 0 Å². The lowest BCUT2D eigenvalue weighted by atomic mass is 9.92. The molecule has 0 heterocycles. The molecule has 98 valence electrons. The Morgan fingerprint density at radius 1 is 1.11 bits per heavy atom. The van der Waals surface area contributed by atoms with Gasteiger partial charge < -0.3 is 9.84 Å². The number of esters is 1. The van der Waals surface area contributed by atoms with Crippen LogP contribution < -0.4 is 0 Å². The summed E-state index contributed by atoms with van der Waals surface area (Å²) >= 11 is 0. The van der Waals surface area contributed by atoms with Crippen molar-refractivity contribution < 1.29 is 14.6 Å². The number of hydrogen-bond acceptors (Lipinski definition) is 3. The molecule has 3 nitrogen and oxygen atoms in total. The van der Waals surface area contributed by atoms with Crippen molar-refractivity contribution in [2.45, 2.75) is 12.8 Å². The molecule has 0 spiro atoms. The van der Waals surface area contributed by atoms with Gasteiger partial charge in [0.15, 0.2) is 0 Å². The molecule has 3 heteroatoms. The molecule has 0 bridgehead atoms. The Balaban J connectivity index is 2.28. The van der Waals surface area contributed by atoms with E-state index in [-0.39, 0.29) is 17.6 Å². The topological polar surface area (TPSA) is 46.5 Å². The number of para-hydroxylation sites is 1. The molecule has 2 aromatic rings. The second-order valence-corrected chi connectivity index (χ2v) is 4.39. The quantitative estimate of drug-likeness (QED) is 0.857. The molecule has 0 aliphatic heterocycles. The van der Waals surface area contributed by atoms with Crippen molar-refractivity contribution in [3.8, 4) is 5.75 Å². The first-order valence-electron chi connectivity index (χ1n) is 6.09. The van der Waals surface area contributed by atoms with Crippen molar-refractivity contribution in [3.05, 3.63) is 65.2 Å². The number of phenols is 1. The number of ether oxygens (including phenoxy) is 1. The zero-order valence-corrected chi connectivity index (χ0v) is 11.0. The highest BCUT2D eigenvalue weighted by Gasteiger charge is 2.13. The molecule has 2 aromatic carbocycles. The van der Waals surface area contributed by atoms with Crippen molar-refractivity contribution in [3.63, 3.8) is 0 Å². The van der Waals surface area contributed by atoms with Crippen LogP contribution in [0, 0.1) is 0 Å². The Bertz CT molecular complexity index is 573. The molecule has 0 aromatic heterocycles. The molecule has 0 saturated heterocycles. The van der Waals surface area contributed by atoms with Crippen molar-refractivity contribution in [1.29, 1.82) is 0 Å². The third-order valence-corrected chi connectivity index (χ3v) is 3.24. The summed E-state index contributed by atoms with van der Waals surface area (Å²) in [6.45, 7) is 2.02. The highest BCUT2D eigenvalue weighted by molar-refractivity contribution is 5.89. The first-order valence-corrected chi connectivity index (χ1v) is 6.09. The predicted molar refractivity (Wildman–Crippen MR) is 73.4 cm³/mol. The van der Waals surface area contributed by atoms with Crippen molar-refractivity contribution in [2.24, 2.45) is 0 Å². The van der Waals surface area contributed by atoms with Crippen LogP contribution in [0.4, 0.5) is 0 Å². The Morgan fingerprint density at radius 2 is 1.74 bits per heavy atom. The van der Waals surface area contributed by atoms with Gasteiger partial charge in [-0.25, -0.2) is 4.79 Å². The van der Waals surface area contributed by atoms with Gasteiger partial charge >= 0.3 is 5.97 Å². The molecule has 2 rings (SSSR count). The second kappa shape index (κ2) is 5.57. The smallest absolute Gasteiger partial charge is 0.337 e. The van der Waals surface area contributed by atoms with Gasteiger partial charge in [0.25, 0.3) is 0 Å². The maximum absolute atomic E-state index is 11.4. The number of aromatic hydroxyl groups is 1. The molecule has 0 amide bonds. The highest BCUT2D eigenvalue weighted by Crippen LogP contribution is 2.30. The van der Waals surface area contributed by atoms with Crippen LogP contribution in [0.25, 0.3) is 0 Å². The Labute approximate surface area is 112 Å².